The predicted octanol–water partition coefficient (Wildman–Crippen LogP) is 3.03. The fourth-order valence-electron chi connectivity index (χ4n) is 2.18. The van der Waals surface area contributed by atoms with Gasteiger partial charge in [0.25, 0.3) is 0 Å². The molecule has 2 rings (SSSR count). The zero-order chi connectivity index (χ0) is 19.0. The van der Waals surface area contributed by atoms with Crippen molar-refractivity contribution in [3.8, 4) is 0 Å². The second-order valence-electron chi connectivity index (χ2n) is 5.28. The Kier molecular flexibility index (Phi) is 8.65. The molecule has 0 amide bonds. The lowest BCUT2D eigenvalue weighted by Crippen LogP contribution is -2.18. The van der Waals surface area contributed by atoms with Gasteiger partial charge in [0.1, 0.15) is 18.2 Å². The summed E-state index contributed by atoms with van der Waals surface area (Å²) in [5, 5.41) is 0. The smallest absolute Gasteiger partial charge is 0.356 e. The van der Waals surface area contributed by atoms with Crippen LogP contribution in [0.1, 0.15) is 13.8 Å². The molecule has 2 aromatic heterocycles. The van der Waals surface area contributed by atoms with Crippen molar-refractivity contribution in [1.29, 1.82) is 0 Å². The number of nitrogens with zero attached hydrogens (tertiary/aromatic N) is 4. The van der Waals surface area contributed by atoms with Gasteiger partial charge in [-0.1, -0.05) is 21.6 Å². The lowest BCUT2D eigenvalue weighted by atomic mass is 10.4. The van der Waals surface area contributed by atoms with E-state index in [1.807, 2.05) is 17.7 Å². The molecule has 0 aromatic carbocycles. The van der Waals surface area contributed by atoms with Gasteiger partial charge in [0.05, 0.1) is 32.2 Å². The Labute approximate surface area is 160 Å². The highest BCUT2D eigenvalue weighted by atomic mass is 33.1. The minimum absolute atomic E-state index is 0.101. The first-order valence-electron chi connectivity index (χ1n) is 8.05. The molecule has 0 aliphatic heterocycles. The number of nitrogen functional groups attached to an aromatic ring is 1. The predicted molar refractivity (Wildman–Crippen MR) is 106 cm³/mol. The summed E-state index contributed by atoms with van der Waals surface area (Å²) in [4.78, 5) is 12.3. The van der Waals surface area contributed by atoms with Crippen molar-refractivity contribution in [3.63, 3.8) is 0 Å². The molecule has 0 saturated heterocycles. The molecule has 0 saturated carbocycles. The van der Waals surface area contributed by atoms with Gasteiger partial charge >= 0.3 is 7.60 Å². The van der Waals surface area contributed by atoms with Gasteiger partial charge in [-0.3, -0.25) is 4.57 Å². The fraction of sp³-hybridized carbons (Fsp3) is 0.643. The molecule has 0 fully saturated rings. The summed E-state index contributed by atoms with van der Waals surface area (Å²) in [5.41, 5.74) is 6.97. The molecule has 12 heteroatoms. The standard InChI is InChI=1S/C14H24N5O4PS2/c1-4-22-24(20,23-5-6-26-25-3)10-21-11(2)7-19-9-18-12-13(15)16-8-17-14(12)19/h8-9,11H,4-7,10H2,1-3H3,(H2,15,16,17)/t11-,24?/m1/s1. The summed E-state index contributed by atoms with van der Waals surface area (Å²) >= 11 is 0. The van der Waals surface area contributed by atoms with Crippen molar-refractivity contribution in [2.24, 2.45) is 0 Å². The molecule has 146 valence electrons. The lowest BCUT2D eigenvalue weighted by molar-refractivity contribution is 0.0673. The first kappa shape index (κ1) is 21.5. The van der Waals surface area contributed by atoms with Crippen LogP contribution in [0.4, 0.5) is 5.82 Å². The summed E-state index contributed by atoms with van der Waals surface area (Å²) in [6, 6.07) is 0. The quantitative estimate of drug-likeness (QED) is 0.311. The molecule has 2 N–H and O–H groups in total. The number of rotatable bonds is 12. The molecule has 0 spiro atoms. The maximum Gasteiger partial charge on any atom is 0.356 e. The Balaban J connectivity index is 1.91. The zero-order valence-electron chi connectivity index (χ0n) is 15.0. The Morgan fingerprint density at radius 2 is 2.15 bits per heavy atom. The van der Waals surface area contributed by atoms with Gasteiger partial charge in [-0.15, -0.1) is 0 Å². The van der Waals surface area contributed by atoms with E-state index < -0.39 is 7.60 Å². The maximum absolute atomic E-state index is 12.7. The molecule has 2 heterocycles. The highest BCUT2D eigenvalue weighted by molar-refractivity contribution is 8.76. The Bertz CT molecular complexity index is 747. The third-order valence-corrected chi connectivity index (χ3v) is 6.77. The van der Waals surface area contributed by atoms with Crippen LogP contribution >= 0.6 is 29.2 Å². The zero-order valence-corrected chi connectivity index (χ0v) is 17.6. The van der Waals surface area contributed by atoms with Crippen molar-refractivity contribution in [1.82, 2.24) is 19.5 Å². The number of anilines is 1. The molecule has 1 unspecified atom stereocenters. The number of hydrogen-bond donors (Lipinski definition) is 1. The Morgan fingerprint density at radius 3 is 2.88 bits per heavy atom. The second kappa shape index (κ2) is 10.5. The molecule has 26 heavy (non-hydrogen) atoms. The van der Waals surface area contributed by atoms with Crippen LogP contribution < -0.4 is 5.73 Å². The van der Waals surface area contributed by atoms with E-state index in [1.165, 1.54) is 6.33 Å². The number of hydrogen-bond acceptors (Lipinski definition) is 10. The highest BCUT2D eigenvalue weighted by Crippen LogP contribution is 2.48. The van der Waals surface area contributed by atoms with E-state index in [1.54, 1.807) is 34.8 Å². The number of fused-ring (bicyclic) bond motifs is 1. The summed E-state index contributed by atoms with van der Waals surface area (Å²) in [5.74, 6) is 1.07. The minimum Gasteiger partial charge on any atom is -0.382 e. The summed E-state index contributed by atoms with van der Waals surface area (Å²) in [6.45, 7) is 4.77. The SMILES string of the molecule is CCOP(=O)(CO[C@H](C)Cn1cnc2c(N)ncnc21)OCCSSC. The summed E-state index contributed by atoms with van der Waals surface area (Å²) in [7, 11) is -0.00204. The molecule has 0 radical (unpaired) electrons. The van der Waals surface area contributed by atoms with Crippen LogP contribution in [0.25, 0.3) is 11.2 Å². The Hall–Kier alpha value is -0.840. The number of aromatic nitrogens is 4. The molecule has 0 bridgehead atoms. The average Bonchev–Trinajstić information content (AvgIpc) is 3.02. The normalized spacial score (nSPS) is 15.2. The minimum atomic E-state index is -3.27. The lowest BCUT2D eigenvalue weighted by Gasteiger charge is -2.20. The average molecular weight is 421 g/mol. The van der Waals surface area contributed by atoms with Crippen LogP contribution in [0.2, 0.25) is 0 Å². The molecular weight excluding hydrogens is 397 g/mol. The maximum atomic E-state index is 12.7. The van der Waals surface area contributed by atoms with Crippen molar-refractivity contribution in [3.05, 3.63) is 12.7 Å². The third kappa shape index (κ3) is 6.11. The van der Waals surface area contributed by atoms with E-state index in [0.29, 0.717) is 36.7 Å². The van der Waals surface area contributed by atoms with Gasteiger partial charge in [-0.25, -0.2) is 15.0 Å². The van der Waals surface area contributed by atoms with E-state index in [-0.39, 0.29) is 12.5 Å². The molecule has 0 aliphatic carbocycles. The largest absolute Gasteiger partial charge is 0.382 e. The van der Waals surface area contributed by atoms with Crippen LogP contribution in [0.15, 0.2) is 12.7 Å². The number of nitrogens with two attached hydrogens (primary N) is 1. The van der Waals surface area contributed by atoms with E-state index >= 15 is 0 Å². The summed E-state index contributed by atoms with van der Waals surface area (Å²) in [6.07, 6.45) is 4.66. The van der Waals surface area contributed by atoms with Crippen molar-refractivity contribution in [2.75, 3.05) is 37.3 Å². The first-order chi connectivity index (χ1) is 12.5. The van der Waals surface area contributed by atoms with E-state index in [4.69, 9.17) is 19.5 Å². The van der Waals surface area contributed by atoms with E-state index in [2.05, 4.69) is 15.0 Å². The van der Waals surface area contributed by atoms with E-state index in [9.17, 15) is 4.57 Å². The van der Waals surface area contributed by atoms with Gasteiger partial charge in [-0.2, -0.15) is 0 Å². The van der Waals surface area contributed by atoms with Crippen molar-refractivity contribution < 1.29 is 18.3 Å². The van der Waals surface area contributed by atoms with Gasteiger partial charge in [0.2, 0.25) is 0 Å². The third-order valence-electron chi connectivity index (χ3n) is 3.30. The second-order valence-corrected chi connectivity index (χ2v) is 9.97. The summed E-state index contributed by atoms with van der Waals surface area (Å²) < 4.78 is 31.0. The van der Waals surface area contributed by atoms with Crippen LogP contribution in [0, 0.1) is 0 Å². The fourth-order valence-corrected chi connectivity index (χ4v) is 4.75. The van der Waals surface area contributed by atoms with Crippen molar-refractivity contribution in [2.45, 2.75) is 26.5 Å². The van der Waals surface area contributed by atoms with Gasteiger partial charge in [0, 0.05) is 5.75 Å². The molecule has 2 atom stereocenters. The Morgan fingerprint density at radius 1 is 1.35 bits per heavy atom. The molecule has 9 nitrogen and oxygen atoms in total. The number of imidazole rings is 1. The van der Waals surface area contributed by atoms with E-state index in [0.717, 1.165) is 5.75 Å². The first-order valence-corrected chi connectivity index (χ1v) is 12.5. The van der Waals surface area contributed by atoms with Crippen LogP contribution in [-0.4, -0.2) is 57.2 Å². The molecule has 2 aromatic rings. The topological polar surface area (TPSA) is 114 Å². The van der Waals surface area contributed by atoms with Crippen molar-refractivity contribution >= 4 is 46.2 Å². The van der Waals surface area contributed by atoms with Crippen LogP contribution in [-0.2, 0) is 24.9 Å². The van der Waals surface area contributed by atoms with Crippen LogP contribution in [0.5, 0.6) is 0 Å². The van der Waals surface area contributed by atoms with Gasteiger partial charge in [-0.05, 0) is 20.1 Å². The molecule has 0 aliphatic rings. The highest BCUT2D eigenvalue weighted by Gasteiger charge is 2.26. The van der Waals surface area contributed by atoms with Crippen LogP contribution in [0.3, 0.4) is 0 Å². The van der Waals surface area contributed by atoms with Gasteiger partial charge < -0.3 is 24.1 Å². The monoisotopic (exact) mass is 421 g/mol. The number of ether oxygens (including phenoxy) is 1. The van der Waals surface area contributed by atoms with Gasteiger partial charge in [0.15, 0.2) is 11.5 Å². The molecular formula is C14H24N5O4PS2.